The van der Waals surface area contributed by atoms with Crippen LogP contribution < -0.4 is 0 Å². The Kier molecular flexibility index (Phi) is 2.14. The fourth-order valence-corrected chi connectivity index (χ4v) is 1.88. The molecule has 1 saturated carbocycles. The molecule has 0 radical (unpaired) electrons. The lowest BCUT2D eigenvalue weighted by Crippen LogP contribution is -2.28. The molecule has 1 N–H and O–H groups in total. The predicted molar refractivity (Wildman–Crippen MR) is 42.3 cm³/mol. The molecule has 0 bridgehead atoms. The molecule has 1 aliphatic heterocycles. The molecule has 0 aromatic carbocycles. The molecule has 0 amide bonds. The maximum atomic E-state index is 9.76. The van der Waals surface area contributed by atoms with E-state index < -0.39 is 0 Å². The third kappa shape index (κ3) is 1.74. The highest BCUT2D eigenvalue weighted by Gasteiger charge is 2.35. The van der Waals surface area contributed by atoms with E-state index in [0.29, 0.717) is 11.8 Å². The van der Waals surface area contributed by atoms with Gasteiger partial charge in [0.25, 0.3) is 0 Å². The molecular formula is C9H16O2. The van der Waals surface area contributed by atoms with E-state index >= 15 is 0 Å². The van der Waals surface area contributed by atoms with Crippen molar-refractivity contribution in [1.29, 1.82) is 0 Å². The molecule has 64 valence electrons. The fraction of sp³-hybridized carbons (Fsp3) is 1.00. The van der Waals surface area contributed by atoms with Crippen molar-refractivity contribution in [1.82, 2.24) is 0 Å². The van der Waals surface area contributed by atoms with Crippen molar-refractivity contribution in [3.63, 3.8) is 0 Å². The van der Waals surface area contributed by atoms with Crippen LogP contribution in [0.25, 0.3) is 0 Å². The Labute approximate surface area is 67.6 Å². The molecule has 1 saturated heterocycles. The molecular weight excluding hydrogens is 140 g/mol. The molecule has 0 spiro atoms. The average molecular weight is 156 g/mol. The zero-order valence-corrected chi connectivity index (χ0v) is 6.83. The quantitative estimate of drug-likeness (QED) is 0.650. The molecule has 2 rings (SSSR count). The van der Waals surface area contributed by atoms with Crippen molar-refractivity contribution in [2.24, 2.45) is 11.8 Å². The van der Waals surface area contributed by atoms with E-state index in [0.717, 1.165) is 26.1 Å². The van der Waals surface area contributed by atoms with Gasteiger partial charge in [-0.1, -0.05) is 0 Å². The third-order valence-corrected chi connectivity index (χ3v) is 2.85. The summed E-state index contributed by atoms with van der Waals surface area (Å²) in [6.45, 7) is 1.71. The fourth-order valence-electron chi connectivity index (χ4n) is 1.88. The van der Waals surface area contributed by atoms with Crippen LogP contribution in [0, 0.1) is 11.8 Å². The minimum absolute atomic E-state index is 0.0149. The van der Waals surface area contributed by atoms with Gasteiger partial charge in [-0.15, -0.1) is 0 Å². The van der Waals surface area contributed by atoms with E-state index in [1.165, 1.54) is 12.8 Å². The lowest BCUT2D eigenvalue weighted by molar-refractivity contribution is -0.000585. The van der Waals surface area contributed by atoms with Gasteiger partial charge in [-0.25, -0.2) is 0 Å². The summed E-state index contributed by atoms with van der Waals surface area (Å²) < 4.78 is 5.24. The maximum Gasteiger partial charge on any atom is 0.0598 e. The van der Waals surface area contributed by atoms with Gasteiger partial charge in [0.05, 0.1) is 6.10 Å². The largest absolute Gasteiger partial charge is 0.393 e. The average Bonchev–Trinajstić information content (AvgIpc) is 2.87. The van der Waals surface area contributed by atoms with Gasteiger partial charge >= 0.3 is 0 Å². The molecule has 2 fully saturated rings. The number of hydrogen-bond donors (Lipinski definition) is 1. The summed E-state index contributed by atoms with van der Waals surface area (Å²) in [5.74, 6) is 1.18. The topological polar surface area (TPSA) is 29.5 Å². The summed E-state index contributed by atoms with van der Waals surface area (Å²) in [4.78, 5) is 0. The minimum Gasteiger partial charge on any atom is -0.393 e. The van der Waals surface area contributed by atoms with Crippen molar-refractivity contribution in [3.05, 3.63) is 0 Å². The van der Waals surface area contributed by atoms with E-state index in [4.69, 9.17) is 4.74 Å². The second kappa shape index (κ2) is 3.11. The van der Waals surface area contributed by atoms with Crippen LogP contribution in [0.1, 0.15) is 25.7 Å². The molecule has 2 nitrogen and oxygen atoms in total. The SMILES string of the molecule is O[C@H](C1CCOCC1)C1CC1. The lowest BCUT2D eigenvalue weighted by Gasteiger charge is -2.26. The van der Waals surface area contributed by atoms with Crippen LogP contribution in [-0.2, 0) is 4.74 Å². The summed E-state index contributed by atoms with van der Waals surface area (Å²) in [7, 11) is 0. The standard InChI is InChI=1S/C9H16O2/c10-9(7-1-2-7)8-3-5-11-6-4-8/h7-10H,1-6H2/t9-/m0/s1. The molecule has 1 atom stereocenters. The van der Waals surface area contributed by atoms with Crippen LogP contribution in [0.4, 0.5) is 0 Å². The van der Waals surface area contributed by atoms with E-state index in [9.17, 15) is 5.11 Å². The van der Waals surface area contributed by atoms with Crippen molar-refractivity contribution in [2.45, 2.75) is 31.8 Å². The molecule has 2 aliphatic rings. The second-order valence-corrected chi connectivity index (χ2v) is 3.78. The van der Waals surface area contributed by atoms with Crippen molar-refractivity contribution in [3.8, 4) is 0 Å². The maximum absolute atomic E-state index is 9.76. The first-order chi connectivity index (χ1) is 5.38. The van der Waals surface area contributed by atoms with Crippen LogP contribution in [0.3, 0.4) is 0 Å². The number of hydrogen-bond acceptors (Lipinski definition) is 2. The Hall–Kier alpha value is -0.0800. The summed E-state index contributed by atoms with van der Waals surface area (Å²) in [5.41, 5.74) is 0. The van der Waals surface area contributed by atoms with Crippen LogP contribution in [0.15, 0.2) is 0 Å². The van der Waals surface area contributed by atoms with Gasteiger partial charge in [0.15, 0.2) is 0 Å². The van der Waals surface area contributed by atoms with Gasteiger partial charge in [-0.05, 0) is 37.5 Å². The zero-order valence-electron chi connectivity index (χ0n) is 6.83. The molecule has 1 aliphatic carbocycles. The van der Waals surface area contributed by atoms with Gasteiger partial charge in [-0.2, -0.15) is 0 Å². The highest BCUT2D eigenvalue weighted by molar-refractivity contribution is 4.86. The molecule has 11 heavy (non-hydrogen) atoms. The number of ether oxygens (including phenoxy) is 1. The van der Waals surface area contributed by atoms with Crippen LogP contribution in [0.2, 0.25) is 0 Å². The molecule has 1 heterocycles. The summed E-state index contributed by atoms with van der Waals surface area (Å²) >= 11 is 0. The van der Waals surface area contributed by atoms with Crippen molar-refractivity contribution >= 4 is 0 Å². The summed E-state index contributed by atoms with van der Waals surface area (Å²) in [5, 5.41) is 9.76. The molecule has 0 aromatic heterocycles. The lowest BCUT2D eigenvalue weighted by atomic mass is 9.91. The van der Waals surface area contributed by atoms with Gasteiger partial charge in [0.1, 0.15) is 0 Å². The normalized spacial score (nSPS) is 30.3. The molecule has 0 aromatic rings. The first kappa shape index (κ1) is 7.56. The van der Waals surface area contributed by atoms with Crippen LogP contribution in [0.5, 0.6) is 0 Å². The van der Waals surface area contributed by atoms with Gasteiger partial charge in [-0.3, -0.25) is 0 Å². The monoisotopic (exact) mass is 156 g/mol. The van der Waals surface area contributed by atoms with Crippen molar-refractivity contribution in [2.75, 3.05) is 13.2 Å². The Morgan fingerprint density at radius 3 is 2.09 bits per heavy atom. The zero-order chi connectivity index (χ0) is 7.68. The van der Waals surface area contributed by atoms with Gasteiger partial charge < -0.3 is 9.84 Å². The number of aliphatic hydroxyl groups excluding tert-OH is 1. The summed E-state index contributed by atoms with van der Waals surface area (Å²) in [6, 6.07) is 0. The van der Waals surface area contributed by atoms with Gasteiger partial charge in [0.2, 0.25) is 0 Å². The number of aliphatic hydroxyl groups is 1. The Morgan fingerprint density at radius 2 is 1.55 bits per heavy atom. The van der Waals surface area contributed by atoms with Crippen LogP contribution >= 0.6 is 0 Å². The highest BCUT2D eigenvalue weighted by atomic mass is 16.5. The minimum atomic E-state index is -0.0149. The summed E-state index contributed by atoms with van der Waals surface area (Å²) in [6.07, 6.45) is 4.62. The first-order valence-electron chi connectivity index (χ1n) is 4.64. The molecule has 2 heteroatoms. The Morgan fingerprint density at radius 1 is 1.00 bits per heavy atom. The Balaban J connectivity index is 1.81. The smallest absolute Gasteiger partial charge is 0.0598 e. The molecule has 0 unspecified atom stereocenters. The highest BCUT2D eigenvalue weighted by Crippen LogP contribution is 2.38. The first-order valence-corrected chi connectivity index (χ1v) is 4.64. The van der Waals surface area contributed by atoms with Crippen LogP contribution in [-0.4, -0.2) is 24.4 Å². The van der Waals surface area contributed by atoms with E-state index in [1.54, 1.807) is 0 Å². The van der Waals surface area contributed by atoms with E-state index in [2.05, 4.69) is 0 Å². The van der Waals surface area contributed by atoms with E-state index in [1.807, 2.05) is 0 Å². The van der Waals surface area contributed by atoms with E-state index in [-0.39, 0.29) is 6.10 Å². The van der Waals surface area contributed by atoms with Crippen molar-refractivity contribution < 1.29 is 9.84 Å². The number of rotatable bonds is 2. The Bertz CT molecular complexity index is 126. The third-order valence-electron chi connectivity index (χ3n) is 2.85. The predicted octanol–water partition coefficient (Wildman–Crippen LogP) is 1.18. The second-order valence-electron chi connectivity index (χ2n) is 3.78. The van der Waals surface area contributed by atoms with Gasteiger partial charge in [0, 0.05) is 13.2 Å².